The summed E-state index contributed by atoms with van der Waals surface area (Å²) in [7, 11) is 0. The number of aromatic nitrogens is 2. The highest BCUT2D eigenvalue weighted by molar-refractivity contribution is 5.77. The van der Waals surface area contributed by atoms with E-state index in [0.717, 1.165) is 31.2 Å². The van der Waals surface area contributed by atoms with Crippen molar-refractivity contribution in [3.05, 3.63) is 24.5 Å². The molecule has 1 amide bonds. The lowest BCUT2D eigenvalue weighted by molar-refractivity contribution is -0.123. The molecule has 0 radical (unpaired) electrons. The summed E-state index contributed by atoms with van der Waals surface area (Å²) in [6.45, 7) is 0.490. The summed E-state index contributed by atoms with van der Waals surface area (Å²) in [4.78, 5) is 16.4. The van der Waals surface area contributed by atoms with Gasteiger partial charge in [-0.05, 0) is 18.9 Å². The van der Waals surface area contributed by atoms with Crippen LogP contribution in [0.15, 0.2) is 27.5 Å². The van der Waals surface area contributed by atoms with Crippen molar-refractivity contribution in [1.29, 1.82) is 0 Å². The van der Waals surface area contributed by atoms with Crippen molar-refractivity contribution >= 4 is 5.91 Å². The summed E-state index contributed by atoms with van der Waals surface area (Å²) in [5.74, 6) is 0.897. The van der Waals surface area contributed by atoms with Crippen molar-refractivity contribution in [2.45, 2.75) is 44.1 Å². The summed E-state index contributed by atoms with van der Waals surface area (Å²) in [6.07, 6.45) is 7.98. The van der Waals surface area contributed by atoms with Crippen molar-refractivity contribution in [3.8, 4) is 11.4 Å². The molecule has 7 nitrogen and oxygen atoms in total. The van der Waals surface area contributed by atoms with E-state index < -0.39 is 0 Å². The van der Waals surface area contributed by atoms with Crippen LogP contribution in [0.2, 0.25) is 0 Å². The van der Waals surface area contributed by atoms with Gasteiger partial charge in [0.25, 0.3) is 0 Å². The number of hydrogen-bond acceptors (Lipinski definition) is 6. The zero-order chi connectivity index (χ0) is 15.4. The molecule has 0 unspecified atom stereocenters. The minimum atomic E-state index is -0.214. The number of aryl methyl sites for hydroxylation is 1. The molecule has 1 saturated carbocycles. The highest BCUT2D eigenvalue weighted by Gasteiger charge is 2.33. The van der Waals surface area contributed by atoms with Crippen LogP contribution in [0.4, 0.5) is 0 Å². The number of nitrogens with one attached hydrogen (secondary N) is 1. The Balaban J connectivity index is 1.53. The highest BCUT2D eigenvalue weighted by atomic mass is 16.5. The van der Waals surface area contributed by atoms with Gasteiger partial charge in [0.2, 0.25) is 17.6 Å². The highest BCUT2D eigenvalue weighted by Crippen LogP contribution is 2.28. The molecule has 3 N–H and O–H groups in total. The molecule has 0 bridgehead atoms. The molecule has 3 rings (SSSR count). The van der Waals surface area contributed by atoms with E-state index in [1.807, 2.05) is 0 Å². The number of carbonyl (C=O) groups excluding carboxylic acids is 1. The minimum absolute atomic E-state index is 0.0181. The summed E-state index contributed by atoms with van der Waals surface area (Å²) in [5.41, 5.74) is 6.36. The first kappa shape index (κ1) is 14.8. The summed E-state index contributed by atoms with van der Waals surface area (Å²) < 4.78 is 10.1. The molecule has 1 aliphatic carbocycles. The third-order valence-corrected chi connectivity index (χ3v) is 4.17. The number of carbonyl (C=O) groups is 1. The smallest absolute Gasteiger partial charge is 0.227 e. The second kappa shape index (κ2) is 6.31. The van der Waals surface area contributed by atoms with E-state index in [0.29, 0.717) is 31.1 Å². The second-order valence-corrected chi connectivity index (χ2v) is 5.76. The lowest BCUT2D eigenvalue weighted by Crippen LogP contribution is -2.51. The van der Waals surface area contributed by atoms with Crippen molar-refractivity contribution in [3.63, 3.8) is 0 Å². The van der Waals surface area contributed by atoms with Crippen LogP contribution in [0.5, 0.6) is 0 Å². The van der Waals surface area contributed by atoms with Crippen LogP contribution in [-0.4, -0.2) is 28.1 Å². The van der Waals surface area contributed by atoms with Gasteiger partial charge in [-0.1, -0.05) is 18.0 Å². The average molecular weight is 304 g/mol. The van der Waals surface area contributed by atoms with Gasteiger partial charge in [0.15, 0.2) is 0 Å². The van der Waals surface area contributed by atoms with Gasteiger partial charge >= 0.3 is 0 Å². The van der Waals surface area contributed by atoms with Crippen LogP contribution in [0.1, 0.15) is 38.0 Å². The van der Waals surface area contributed by atoms with E-state index in [1.54, 1.807) is 18.6 Å². The molecule has 22 heavy (non-hydrogen) atoms. The van der Waals surface area contributed by atoms with Gasteiger partial charge in [0.1, 0.15) is 6.26 Å². The zero-order valence-electron chi connectivity index (χ0n) is 12.4. The number of hydrogen-bond donors (Lipinski definition) is 2. The van der Waals surface area contributed by atoms with Crippen LogP contribution in [0.3, 0.4) is 0 Å². The monoisotopic (exact) mass is 304 g/mol. The maximum absolute atomic E-state index is 12.1. The largest absolute Gasteiger partial charge is 0.472 e. The predicted octanol–water partition coefficient (Wildman–Crippen LogP) is 1.65. The van der Waals surface area contributed by atoms with Gasteiger partial charge in [0, 0.05) is 19.4 Å². The third kappa shape index (κ3) is 3.19. The summed E-state index contributed by atoms with van der Waals surface area (Å²) in [6, 6.07) is 1.76. The lowest BCUT2D eigenvalue weighted by atomic mass is 9.97. The SMILES string of the molecule is NCC1(NC(=O)CCc2nc(-c3ccoc3)no2)CCCC1. The molecule has 7 heteroatoms. The van der Waals surface area contributed by atoms with Crippen molar-refractivity contribution in [2.24, 2.45) is 5.73 Å². The fraction of sp³-hybridized carbons (Fsp3) is 0.533. The molecule has 2 aromatic heterocycles. The van der Waals surface area contributed by atoms with E-state index in [1.165, 1.54) is 0 Å². The molecular formula is C15H20N4O3. The first-order valence-electron chi connectivity index (χ1n) is 7.57. The predicted molar refractivity (Wildman–Crippen MR) is 78.7 cm³/mol. The summed E-state index contributed by atoms with van der Waals surface area (Å²) >= 11 is 0. The van der Waals surface area contributed by atoms with Gasteiger partial charge in [-0.25, -0.2) is 0 Å². The van der Waals surface area contributed by atoms with Crippen LogP contribution < -0.4 is 11.1 Å². The molecule has 0 aromatic carbocycles. The molecule has 0 aliphatic heterocycles. The molecule has 2 aromatic rings. The lowest BCUT2D eigenvalue weighted by Gasteiger charge is -2.28. The second-order valence-electron chi connectivity index (χ2n) is 5.76. The van der Waals surface area contributed by atoms with Gasteiger partial charge < -0.3 is 20.0 Å². The van der Waals surface area contributed by atoms with Crippen LogP contribution in [0.25, 0.3) is 11.4 Å². The van der Waals surface area contributed by atoms with Gasteiger partial charge in [0.05, 0.1) is 17.4 Å². The van der Waals surface area contributed by atoms with Crippen molar-refractivity contribution < 1.29 is 13.7 Å². The quantitative estimate of drug-likeness (QED) is 0.840. The summed E-state index contributed by atoms with van der Waals surface area (Å²) in [5, 5.41) is 6.95. The van der Waals surface area contributed by atoms with E-state index >= 15 is 0 Å². The fourth-order valence-electron chi connectivity index (χ4n) is 2.88. The van der Waals surface area contributed by atoms with Gasteiger partial charge in [-0.3, -0.25) is 4.79 Å². The molecular weight excluding hydrogens is 284 g/mol. The number of furan rings is 1. The molecule has 2 heterocycles. The van der Waals surface area contributed by atoms with E-state index in [2.05, 4.69) is 15.5 Å². The Kier molecular flexibility index (Phi) is 4.24. The van der Waals surface area contributed by atoms with E-state index in [9.17, 15) is 4.79 Å². The molecule has 0 atom stereocenters. The van der Waals surface area contributed by atoms with E-state index in [-0.39, 0.29) is 11.4 Å². The topological polar surface area (TPSA) is 107 Å². The normalized spacial score (nSPS) is 16.8. The van der Waals surface area contributed by atoms with Crippen molar-refractivity contribution in [2.75, 3.05) is 6.54 Å². The van der Waals surface area contributed by atoms with Gasteiger partial charge in [-0.15, -0.1) is 0 Å². The number of rotatable bonds is 6. The number of nitrogens with two attached hydrogens (primary N) is 1. The van der Waals surface area contributed by atoms with Crippen LogP contribution >= 0.6 is 0 Å². The molecule has 1 aliphatic rings. The Hall–Kier alpha value is -2.15. The Morgan fingerprint density at radius 2 is 2.23 bits per heavy atom. The molecule has 0 spiro atoms. The van der Waals surface area contributed by atoms with Crippen LogP contribution in [0, 0.1) is 0 Å². The van der Waals surface area contributed by atoms with Gasteiger partial charge in [-0.2, -0.15) is 4.98 Å². The molecule has 0 saturated heterocycles. The Morgan fingerprint density at radius 1 is 1.41 bits per heavy atom. The first-order chi connectivity index (χ1) is 10.7. The Labute approximate surface area is 128 Å². The zero-order valence-corrected chi connectivity index (χ0v) is 12.4. The van der Waals surface area contributed by atoms with Crippen molar-refractivity contribution in [1.82, 2.24) is 15.5 Å². The maximum atomic E-state index is 12.1. The standard InChI is InChI=1S/C15H20N4O3/c16-10-15(6-1-2-7-15)18-12(20)3-4-13-17-14(19-22-13)11-5-8-21-9-11/h5,8-9H,1-4,6-7,10,16H2,(H,18,20). The van der Waals surface area contributed by atoms with E-state index in [4.69, 9.17) is 14.7 Å². The number of amides is 1. The molecule has 1 fully saturated rings. The minimum Gasteiger partial charge on any atom is -0.472 e. The fourth-order valence-corrected chi connectivity index (χ4v) is 2.88. The van der Waals surface area contributed by atoms with Crippen LogP contribution in [-0.2, 0) is 11.2 Å². The first-order valence-corrected chi connectivity index (χ1v) is 7.57. The Morgan fingerprint density at radius 3 is 2.91 bits per heavy atom. The molecule has 118 valence electrons. The maximum Gasteiger partial charge on any atom is 0.227 e. The number of nitrogens with zero attached hydrogens (tertiary/aromatic N) is 2. The Bertz CT molecular complexity index is 615. The third-order valence-electron chi connectivity index (χ3n) is 4.17. The average Bonchev–Trinajstić information content (AvgIpc) is 3.26.